The van der Waals surface area contributed by atoms with Gasteiger partial charge < -0.3 is 14.4 Å². The molecule has 0 unspecified atom stereocenters. The van der Waals surface area contributed by atoms with Crippen molar-refractivity contribution in [2.75, 3.05) is 13.2 Å². The molecule has 0 saturated carbocycles. The van der Waals surface area contributed by atoms with E-state index < -0.39 is 0 Å². The average molecular weight is 453 g/mol. The second-order valence-corrected chi connectivity index (χ2v) is 7.12. The van der Waals surface area contributed by atoms with Gasteiger partial charge in [0.25, 0.3) is 5.91 Å². The van der Waals surface area contributed by atoms with Crippen molar-refractivity contribution in [1.29, 1.82) is 0 Å². The number of carbonyl (C=O) groups excluding carboxylic acids is 1. The Morgan fingerprint density at radius 1 is 1.12 bits per heavy atom. The number of nitrogens with zero attached hydrogens (tertiary/aromatic N) is 1. The van der Waals surface area contributed by atoms with Gasteiger partial charge in [0.15, 0.2) is 5.76 Å². The van der Waals surface area contributed by atoms with Crippen LogP contribution in [-0.4, -0.2) is 29.1 Å². The van der Waals surface area contributed by atoms with Crippen LogP contribution >= 0.6 is 31.9 Å². The smallest absolute Gasteiger partial charge is 0.289 e. The first-order valence-corrected chi connectivity index (χ1v) is 8.99. The second kappa shape index (κ2) is 7.51. The summed E-state index contributed by atoms with van der Waals surface area (Å²) >= 11 is 6.87. The van der Waals surface area contributed by atoms with Crippen LogP contribution in [0, 0.1) is 0 Å². The van der Waals surface area contributed by atoms with E-state index in [0.29, 0.717) is 12.1 Å². The van der Waals surface area contributed by atoms with Gasteiger partial charge in [-0.15, -0.1) is 0 Å². The summed E-state index contributed by atoms with van der Waals surface area (Å²) in [5.74, 6) is 0.0142. The summed E-state index contributed by atoms with van der Waals surface area (Å²) < 4.78 is 7.42. The SMILES string of the molecule is O=C(c1cc2cc(Br)cc(Br)c2o1)N(CCO)Cc1ccccc1. The van der Waals surface area contributed by atoms with Gasteiger partial charge in [-0.05, 0) is 39.7 Å². The van der Waals surface area contributed by atoms with Crippen molar-refractivity contribution in [1.82, 2.24) is 4.90 Å². The zero-order valence-corrected chi connectivity index (χ0v) is 15.9. The summed E-state index contributed by atoms with van der Waals surface area (Å²) in [5, 5.41) is 10.1. The van der Waals surface area contributed by atoms with E-state index >= 15 is 0 Å². The molecule has 0 fully saturated rings. The lowest BCUT2D eigenvalue weighted by Gasteiger charge is -2.20. The highest BCUT2D eigenvalue weighted by molar-refractivity contribution is 9.11. The lowest BCUT2D eigenvalue weighted by molar-refractivity contribution is 0.0678. The summed E-state index contributed by atoms with van der Waals surface area (Å²) in [7, 11) is 0. The predicted octanol–water partition coefficient (Wildman–Crippen LogP) is 4.59. The Hall–Kier alpha value is -1.63. The largest absolute Gasteiger partial charge is 0.450 e. The number of halogens is 2. The number of rotatable bonds is 5. The molecule has 6 heteroatoms. The predicted molar refractivity (Wildman–Crippen MR) is 99.9 cm³/mol. The summed E-state index contributed by atoms with van der Waals surface area (Å²) in [6.45, 7) is 0.561. The number of amides is 1. The molecule has 0 radical (unpaired) electrons. The molecule has 0 spiro atoms. The average Bonchev–Trinajstić information content (AvgIpc) is 2.99. The minimum absolute atomic E-state index is 0.103. The summed E-state index contributed by atoms with van der Waals surface area (Å²) in [4.78, 5) is 14.4. The normalized spacial score (nSPS) is 11.0. The number of furan rings is 1. The number of hydrogen-bond donors (Lipinski definition) is 1. The van der Waals surface area contributed by atoms with Crippen molar-refractivity contribution in [3.63, 3.8) is 0 Å². The Morgan fingerprint density at radius 3 is 2.58 bits per heavy atom. The lowest BCUT2D eigenvalue weighted by Crippen LogP contribution is -2.32. The first-order valence-electron chi connectivity index (χ1n) is 7.41. The molecule has 24 heavy (non-hydrogen) atoms. The van der Waals surface area contributed by atoms with Crippen molar-refractivity contribution < 1.29 is 14.3 Å². The maximum atomic E-state index is 12.8. The maximum Gasteiger partial charge on any atom is 0.289 e. The lowest BCUT2D eigenvalue weighted by atomic mass is 10.2. The van der Waals surface area contributed by atoms with Crippen molar-refractivity contribution in [2.24, 2.45) is 0 Å². The molecular weight excluding hydrogens is 438 g/mol. The third-order valence-corrected chi connectivity index (χ3v) is 4.67. The van der Waals surface area contributed by atoms with E-state index in [4.69, 9.17) is 4.42 Å². The third-order valence-electron chi connectivity index (χ3n) is 3.62. The Balaban J connectivity index is 1.91. The van der Waals surface area contributed by atoms with Crippen molar-refractivity contribution >= 4 is 48.7 Å². The van der Waals surface area contributed by atoms with E-state index in [1.54, 1.807) is 11.0 Å². The van der Waals surface area contributed by atoms with Crippen LogP contribution in [-0.2, 0) is 6.54 Å². The standard InChI is InChI=1S/C18H15Br2NO3/c19-14-8-13-9-16(24-17(13)15(20)10-14)18(23)21(6-7-22)11-12-4-2-1-3-5-12/h1-5,8-10,22H,6-7,11H2. The van der Waals surface area contributed by atoms with Crippen molar-refractivity contribution in [2.45, 2.75) is 6.54 Å². The first kappa shape index (κ1) is 17.2. The molecule has 1 amide bonds. The molecule has 0 aliphatic heterocycles. The molecule has 0 aliphatic carbocycles. The van der Waals surface area contributed by atoms with Gasteiger partial charge >= 0.3 is 0 Å². The number of fused-ring (bicyclic) bond motifs is 1. The molecule has 0 saturated heterocycles. The van der Waals surface area contributed by atoms with Crippen LogP contribution in [0.5, 0.6) is 0 Å². The molecule has 3 aromatic rings. The van der Waals surface area contributed by atoms with E-state index in [0.717, 1.165) is 19.9 Å². The van der Waals surface area contributed by atoms with Gasteiger partial charge in [0.2, 0.25) is 0 Å². The second-order valence-electron chi connectivity index (χ2n) is 5.35. The molecule has 4 nitrogen and oxygen atoms in total. The Morgan fingerprint density at radius 2 is 1.88 bits per heavy atom. The highest BCUT2D eigenvalue weighted by Crippen LogP contribution is 2.31. The fourth-order valence-corrected chi connectivity index (χ4v) is 3.85. The minimum atomic E-state index is -0.243. The van der Waals surface area contributed by atoms with E-state index in [2.05, 4.69) is 31.9 Å². The van der Waals surface area contributed by atoms with Gasteiger partial charge in [0.1, 0.15) is 5.58 Å². The Labute approximate surface area is 156 Å². The molecule has 2 aromatic carbocycles. The summed E-state index contributed by atoms with van der Waals surface area (Å²) in [5.41, 5.74) is 1.63. The van der Waals surface area contributed by atoms with Gasteiger partial charge in [-0.2, -0.15) is 0 Å². The van der Waals surface area contributed by atoms with Crippen molar-refractivity contribution in [3.8, 4) is 0 Å². The number of aliphatic hydroxyl groups is 1. The van der Waals surface area contributed by atoms with E-state index in [9.17, 15) is 9.90 Å². The van der Waals surface area contributed by atoms with Gasteiger partial charge in [-0.25, -0.2) is 0 Å². The molecular formula is C18H15Br2NO3. The number of hydrogen-bond acceptors (Lipinski definition) is 3. The quantitative estimate of drug-likeness (QED) is 0.615. The molecule has 0 atom stereocenters. The Bertz CT molecular complexity index is 861. The number of carbonyl (C=O) groups is 1. The van der Waals surface area contributed by atoms with E-state index in [1.165, 1.54) is 0 Å². The van der Waals surface area contributed by atoms with Crippen LogP contribution in [0.15, 0.2) is 61.9 Å². The van der Waals surface area contributed by atoms with Crippen LogP contribution in [0.4, 0.5) is 0 Å². The summed E-state index contributed by atoms with van der Waals surface area (Å²) in [6, 6.07) is 15.2. The van der Waals surface area contributed by atoms with Gasteiger partial charge in [0.05, 0.1) is 11.1 Å². The van der Waals surface area contributed by atoms with Crippen molar-refractivity contribution in [3.05, 3.63) is 68.8 Å². The molecule has 1 heterocycles. The minimum Gasteiger partial charge on any atom is -0.450 e. The molecule has 0 bridgehead atoms. The van der Waals surface area contributed by atoms with Crippen LogP contribution in [0.25, 0.3) is 11.0 Å². The van der Waals surface area contributed by atoms with Crippen LogP contribution < -0.4 is 0 Å². The highest BCUT2D eigenvalue weighted by Gasteiger charge is 2.21. The van der Waals surface area contributed by atoms with Gasteiger partial charge in [0, 0.05) is 22.9 Å². The number of aliphatic hydroxyl groups excluding tert-OH is 1. The first-order chi connectivity index (χ1) is 11.6. The third kappa shape index (κ3) is 3.71. The molecule has 3 rings (SSSR count). The zero-order valence-electron chi connectivity index (χ0n) is 12.7. The summed E-state index contributed by atoms with van der Waals surface area (Å²) in [6.07, 6.45) is 0. The fourth-order valence-electron chi connectivity index (χ4n) is 2.51. The topological polar surface area (TPSA) is 53.7 Å². The van der Waals surface area contributed by atoms with Crippen LogP contribution in [0.3, 0.4) is 0 Å². The van der Waals surface area contributed by atoms with Crippen LogP contribution in [0.2, 0.25) is 0 Å². The van der Waals surface area contributed by atoms with E-state index in [1.807, 2.05) is 42.5 Å². The Kier molecular flexibility index (Phi) is 5.38. The zero-order chi connectivity index (χ0) is 17.1. The molecule has 1 aromatic heterocycles. The highest BCUT2D eigenvalue weighted by atomic mass is 79.9. The molecule has 1 N–H and O–H groups in total. The van der Waals surface area contributed by atoms with E-state index in [-0.39, 0.29) is 24.8 Å². The molecule has 124 valence electrons. The number of benzene rings is 2. The van der Waals surface area contributed by atoms with Gasteiger partial charge in [-0.1, -0.05) is 46.3 Å². The monoisotopic (exact) mass is 451 g/mol. The van der Waals surface area contributed by atoms with Crippen LogP contribution in [0.1, 0.15) is 16.1 Å². The fraction of sp³-hybridized carbons (Fsp3) is 0.167. The maximum absolute atomic E-state index is 12.8. The van der Waals surface area contributed by atoms with Gasteiger partial charge in [-0.3, -0.25) is 4.79 Å². The molecule has 0 aliphatic rings.